The fourth-order valence-electron chi connectivity index (χ4n) is 4.76. The van der Waals surface area contributed by atoms with Crippen LogP contribution in [-0.4, -0.2) is 53.5 Å². The molecule has 0 bridgehead atoms. The SMILES string of the molecule is C[C@H](/C=C/COc1cc(Nc2cc([C@H]3CC[C@@H](O[Si](C)(C)C(C)(C)C)C3)nn2C(C)(C)C)ccn1)NC(=O)OC(C)(C)C. The van der Waals surface area contributed by atoms with Gasteiger partial charge in [0.15, 0.2) is 8.32 Å². The molecule has 0 unspecified atom stereocenters. The first-order chi connectivity index (χ1) is 19.7. The Morgan fingerprint density at radius 2 is 1.81 bits per heavy atom. The lowest BCUT2D eigenvalue weighted by molar-refractivity contribution is 0.0518. The van der Waals surface area contributed by atoms with Gasteiger partial charge < -0.3 is 24.5 Å². The van der Waals surface area contributed by atoms with Gasteiger partial charge in [-0.15, -0.1) is 0 Å². The molecule has 43 heavy (non-hydrogen) atoms. The van der Waals surface area contributed by atoms with Crippen LogP contribution >= 0.6 is 0 Å². The van der Waals surface area contributed by atoms with Gasteiger partial charge in [-0.1, -0.05) is 26.8 Å². The highest BCUT2D eigenvalue weighted by atomic mass is 28.4. The maximum atomic E-state index is 11.9. The molecular weight excluding hydrogens is 558 g/mol. The highest BCUT2D eigenvalue weighted by molar-refractivity contribution is 6.74. The largest absolute Gasteiger partial charge is 0.473 e. The standard InChI is InChI=1S/C33H55N5O4Si/c1-23(35-30(39)41-32(5,6)7)14-13-19-40-29-21-25(17-18-34-29)36-28-22-27(37-38(28)31(2,3)4)24-15-16-26(20-24)42-43(11,12)33(8,9)10/h13-14,17-18,21-24,26H,15-16,19-20H2,1-12H3,(H,34,36)(H,35,39)/b14-13+/t23-,24+,26-/m1/s1. The molecule has 9 nitrogen and oxygen atoms in total. The van der Waals surface area contributed by atoms with Crippen molar-refractivity contribution in [2.45, 2.75) is 136 Å². The Labute approximate surface area is 260 Å². The number of carbonyl (C=O) groups excluding carboxylic acids is 1. The van der Waals surface area contributed by atoms with Crippen molar-refractivity contribution >= 4 is 25.9 Å². The Hall–Kier alpha value is -2.85. The van der Waals surface area contributed by atoms with Crippen LogP contribution in [0, 0.1) is 0 Å². The van der Waals surface area contributed by atoms with Crippen LogP contribution in [0.25, 0.3) is 0 Å². The second kappa shape index (κ2) is 13.4. The Morgan fingerprint density at radius 3 is 2.44 bits per heavy atom. The predicted octanol–water partition coefficient (Wildman–Crippen LogP) is 8.28. The van der Waals surface area contributed by atoms with Crippen LogP contribution in [0.5, 0.6) is 5.88 Å². The molecular formula is C33H55N5O4Si. The Bertz CT molecular complexity index is 1250. The lowest BCUT2D eigenvalue weighted by Gasteiger charge is -2.38. The molecule has 3 rings (SSSR count). The van der Waals surface area contributed by atoms with E-state index in [1.165, 1.54) is 0 Å². The number of alkyl carbamates (subject to hydrolysis) is 1. The van der Waals surface area contributed by atoms with Crippen LogP contribution in [0.3, 0.4) is 0 Å². The van der Waals surface area contributed by atoms with Gasteiger partial charge in [-0.2, -0.15) is 5.10 Å². The second-order valence-electron chi connectivity index (χ2n) is 15.2. The van der Waals surface area contributed by atoms with Gasteiger partial charge in [-0.3, -0.25) is 0 Å². The molecule has 0 aromatic carbocycles. The zero-order valence-electron chi connectivity index (χ0n) is 28.5. The molecule has 2 aromatic rings. The van der Waals surface area contributed by atoms with Gasteiger partial charge in [0.05, 0.1) is 11.2 Å². The number of aromatic nitrogens is 3. The van der Waals surface area contributed by atoms with Crippen LogP contribution in [0.4, 0.5) is 16.3 Å². The molecule has 240 valence electrons. The van der Waals surface area contributed by atoms with Gasteiger partial charge in [0.2, 0.25) is 5.88 Å². The number of amides is 1. The maximum Gasteiger partial charge on any atom is 0.408 e. The van der Waals surface area contributed by atoms with Crippen molar-refractivity contribution in [1.82, 2.24) is 20.1 Å². The third-order valence-electron chi connectivity index (χ3n) is 7.94. The number of hydrogen-bond donors (Lipinski definition) is 2. The van der Waals surface area contributed by atoms with Gasteiger partial charge in [-0.05, 0) is 98.0 Å². The molecule has 1 aliphatic carbocycles. The Kier molecular flexibility index (Phi) is 10.8. The average molecular weight is 614 g/mol. The summed E-state index contributed by atoms with van der Waals surface area (Å²) in [7, 11) is -1.81. The van der Waals surface area contributed by atoms with Crippen LogP contribution < -0.4 is 15.4 Å². The molecule has 2 N–H and O–H groups in total. The molecule has 1 amide bonds. The molecule has 1 fully saturated rings. The zero-order chi connectivity index (χ0) is 32.2. The topological polar surface area (TPSA) is 99.5 Å². The van der Waals surface area contributed by atoms with Gasteiger partial charge in [0.25, 0.3) is 0 Å². The number of nitrogens with one attached hydrogen (secondary N) is 2. The minimum absolute atomic E-state index is 0.194. The molecule has 3 atom stereocenters. The molecule has 2 heterocycles. The van der Waals surface area contributed by atoms with E-state index in [1.54, 1.807) is 6.20 Å². The molecule has 1 aliphatic rings. The van der Waals surface area contributed by atoms with Crippen molar-refractivity contribution in [3.8, 4) is 5.88 Å². The van der Waals surface area contributed by atoms with Crippen molar-refractivity contribution < 1.29 is 18.7 Å². The number of hydrogen-bond acceptors (Lipinski definition) is 7. The summed E-state index contributed by atoms with van der Waals surface area (Å²) in [5, 5.41) is 11.6. The Balaban J connectivity index is 1.63. The van der Waals surface area contributed by atoms with E-state index in [1.807, 2.05) is 52.0 Å². The van der Waals surface area contributed by atoms with Gasteiger partial charge in [0.1, 0.15) is 18.0 Å². The van der Waals surface area contributed by atoms with Crippen LogP contribution in [0.1, 0.15) is 100 Å². The second-order valence-corrected chi connectivity index (χ2v) is 20.0. The summed E-state index contributed by atoms with van der Waals surface area (Å²) in [5.41, 5.74) is 1.25. The summed E-state index contributed by atoms with van der Waals surface area (Å²) in [6.45, 7) is 25.8. The zero-order valence-corrected chi connectivity index (χ0v) is 29.5. The minimum Gasteiger partial charge on any atom is -0.473 e. The maximum absolute atomic E-state index is 11.9. The fraction of sp³-hybridized carbons (Fsp3) is 0.667. The van der Waals surface area contributed by atoms with E-state index < -0.39 is 20.0 Å². The van der Waals surface area contributed by atoms with E-state index >= 15 is 0 Å². The first-order valence-corrected chi connectivity index (χ1v) is 18.4. The minimum atomic E-state index is -1.81. The number of nitrogens with zero attached hydrogens (tertiary/aromatic N) is 3. The molecule has 0 saturated heterocycles. The Morgan fingerprint density at radius 1 is 1.12 bits per heavy atom. The van der Waals surface area contributed by atoms with Crippen molar-refractivity contribution in [3.05, 3.63) is 42.2 Å². The summed E-state index contributed by atoms with van der Waals surface area (Å²) < 4.78 is 20.0. The highest BCUT2D eigenvalue weighted by Crippen LogP contribution is 2.43. The van der Waals surface area contributed by atoms with Crippen LogP contribution in [0.15, 0.2) is 36.5 Å². The highest BCUT2D eigenvalue weighted by Gasteiger charge is 2.41. The lowest BCUT2D eigenvalue weighted by atomic mass is 10.0. The van der Waals surface area contributed by atoms with Gasteiger partial charge in [-0.25, -0.2) is 14.5 Å². The fourth-order valence-corrected chi connectivity index (χ4v) is 6.16. The van der Waals surface area contributed by atoms with E-state index in [4.69, 9.17) is 19.0 Å². The monoisotopic (exact) mass is 613 g/mol. The number of pyridine rings is 1. The summed E-state index contributed by atoms with van der Waals surface area (Å²) in [5.74, 6) is 1.83. The first-order valence-electron chi connectivity index (χ1n) is 15.5. The van der Waals surface area contributed by atoms with Crippen molar-refractivity contribution in [3.63, 3.8) is 0 Å². The van der Waals surface area contributed by atoms with Crippen molar-refractivity contribution in [1.29, 1.82) is 0 Å². The molecule has 0 aliphatic heterocycles. The van der Waals surface area contributed by atoms with Crippen molar-refractivity contribution in [2.75, 3.05) is 11.9 Å². The molecule has 2 aromatic heterocycles. The average Bonchev–Trinajstić information content (AvgIpc) is 3.47. The number of rotatable bonds is 10. The van der Waals surface area contributed by atoms with Crippen LogP contribution in [0.2, 0.25) is 18.1 Å². The predicted molar refractivity (Wildman–Crippen MR) is 177 cm³/mol. The van der Waals surface area contributed by atoms with Gasteiger partial charge in [0, 0.05) is 42.1 Å². The van der Waals surface area contributed by atoms with E-state index in [0.29, 0.717) is 24.5 Å². The van der Waals surface area contributed by atoms with E-state index in [9.17, 15) is 4.79 Å². The molecule has 0 radical (unpaired) electrons. The first kappa shape index (κ1) is 34.6. The molecule has 10 heteroatoms. The van der Waals surface area contributed by atoms with Gasteiger partial charge >= 0.3 is 6.09 Å². The van der Waals surface area contributed by atoms with E-state index in [-0.39, 0.29) is 16.6 Å². The third kappa shape index (κ3) is 10.4. The number of carbonyl (C=O) groups is 1. The molecule has 0 spiro atoms. The molecule has 1 saturated carbocycles. The van der Waals surface area contributed by atoms with Crippen molar-refractivity contribution in [2.24, 2.45) is 0 Å². The summed E-state index contributed by atoms with van der Waals surface area (Å²) in [6.07, 6.45) is 8.48. The van der Waals surface area contributed by atoms with E-state index in [0.717, 1.165) is 36.5 Å². The number of anilines is 2. The third-order valence-corrected chi connectivity index (χ3v) is 12.5. The quantitative estimate of drug-likeness (QED) is 0.205. The smallest absolute Gasteiger partial charge is 0.408 e. The lowest BCUT2D eigenvalue weighted by Crippen LogP contribution is -2.43. The normalized spacial score (nSPS) is 19.0. The summed E-state index contributed by atoms with van der Waals surface area (Å²) >= 11 is 0. The number of ether oxygens (including phenoxy) is 2. The van der Waals surface area contributed by atoms with E-state index in [2.05, 4.69) is 81.0 Å². The summed E-state index contributed by atoms with van der Waals surface area (Å²) in [6, 6.07) is 5.80. The van der Waals surface area contributed by atoms with Crippen LogP contribution in [-0.2, 0) is 14.7 Å². The summed E-state index contributed by atoms with van der Waals surface area (Å²) in [4.78, 5) is 16.3.